The van der Waals surface area contributed by atoms with E-state index in [0.29, 0.717) is 12.8 Å². The van der Waals surface area contributed by atoms with Crippen LogP contribution in [-0.4, -0.2) is 46.0 Å². The van der Waals surface area contributed by atoms with Crippen LogP contribution in [0.2, 0.25) is 0 Å². The Balaban J connectivity index is 3.74. The van der Waals surface area contributed by atoms with E-state index in [0.717, 1.165) is 16.7 Å². The molecule has 1 rings (SSSR count). The van der Waals surface area contributed by atoms with Crippen molar-refractivity contribution in [2.24, 2.45) is 5.92 Å². The quantitative estimate of drug-likeness (QED) is 0.421. The van der Waals surface area contributed by atoms with Gasteiger partial charge >= 0.3 is 6.09 Å². The van der Waals surface area contributed by atoms with Gasteiger partial charge in [-0.1, -0.05) is 39.0 Å². The van der Waals surface area contributed by atoms with Crippen LogP contribution in [0.3, 0.4) is 0 Å². The van der Waals surface area contributed by atoms with Gasteiger partial charge in [-0.2, -0.15) is 0 Å². The molecule has 0 saturated heterocycles. The monoisotopic (exact) mass is 503 g/mol. The van der Waals surface area contributed by atoms with Crippen molar-refractivity contribution >= 4 is 17.9 Å². The van der Waals surface area contributed by atoms with E-state index in [1.165, 1.54) is 0 Å². The summed E-state index contributed by atoms with van der Waals surface area (Å²) >= 11 is 0. The van der Waals surface area contributed by atoms with E-state index in [2.05, 4.69) is 10.6 Å². The van der Waals surface area contributed by atoms with Crippen LogP contribution in [0.5, 0.6) is 0 Å². The van der Waals surface area contributed by atoms with Crippen LogP contribution in [0.1, 0.15) is 105 Å². The predicted molar refractivity (Wildman–Crippen MR) is 146 cm³/mol. The fourth-order valence-corrected chi connectivity index (χ4v) is 4.26. The third-order valence-corrected chi connectivity index (χ3v) is 6.20. The molecular weight excluding hydrogens is 454 g/mol. The van der Waals surface area contributed by atoms with Gasteiger partial charge in [0, 0.05) is 11.6 Å². The molecule has 2 unspecified atom stereocenters. The third-order valence-electron chi connectivity index (χ3n) is 6.20. The van der Waals surface area contributed by atoms with E-state index < -0.39 is 29.3 Å². The fourth-order valence-electron chi connectivity index (χ4n) is 4.26. The second kappa shape index (κ2) is 12.6. The summed E-state index contributed by atoms with van der Waals surface area (Å²) in [6.45, 7) is 23.0. The van der Waals surface area contributed by atoms with E-state index in [-0.39, 0.29) is 23.8 Å². The molecule has 0 radical (unpaired) electrons. The lowest BCUT2D eigenvalue weighted by molar-refractivity contribution is -0.149. The number of hydrogen-bond acceptors (Lipinski definition) is 4. The average molecular weight is 504 g/mol. The van der Waals surface area contributed by atoms with Gasteiger partial charge in [0.1, 0.15) is 17.7 Å². The van der Waals surface area contributed by atoms with Gasteiger partial charge in [0.2, 0.25) is 11.8 Å². The standard InChI is InChI=1S/C29H49N3O4/c1-13-29(11,12)32(26(34)22(17-18(2)3)31-27(35)36-28(8,9)10)24(25(33)30-19(4)5)23-20(6)15-14-16-21(23)7/h14-16,18-19,22,24H,13,17H2,1-12H3,(H,30,33)(H,31,35). The van der Waals surface area contributed by atoms with Crippen LogP contribution in [-0.2, 0) is 14.3 Å². The fraction of sp³-hybridized carbons (Fsp3) is 0.690. The van der Waals surface area contributed by atoms with Gasteiger partial charge < -0.3 is 20.3 Å². The number of nitrogens with one attached hydrogen (secondary N) is 2. The molecule has 0 heterocycles. The molecular formula is C29H49N3O4. The van der Waals surface area contributed by atoms with Crippen LogP contribution in [0, 0.1) is 19.8 Å². The highest BCUT2D eigenvalue weighted by Gasteiger charge is 2.44. The first kappa shape index (κ1) is 31.5. The number of benzene rings is 1. The zero-order valence-electron chi connectivity index (χ0n) is 24.5. The highest BCUT2D eigenvalue weighted by molar-refractivity contribution is 5.93. The minimum absolute atomic E-state index is 0.0997. The Hall–Kier alpha value is -2.57. The normalized spacial score (nSPS) is 13.8. The van der Waals surface area contributed by atoms with Crippen molar-refractivity contribution in [1.82, 2.24) is 15.5 Å². The van der Waals surface area contributed by atoms with Gasteiger partial charge in [0.15, 0.2) is 0 Å². The summed E-state index contributed by atoms with van der Waals surface area (Å²) < 4.78 is 5.47. The zero-order chi connectivity index (χ0) is 28.0. The van der Waals surface area contributed by atoms with Gasteiger partial charge in [0.05, 0.1) is 0 Å². The Labute approximate surface area is 218 Å². The summed E-state index contributed by atoms with van der Waals surface area (Å²) in [7, 11) is 0. The summed E-state index contributed by atoms with van der Waals surface area (Å²) in [6.07, 6.45) is 0.390. The Bertz CT molecular complexity index is 895. The van der Waals surface area contributed by atoms with E-state index >= 15 is 0 Å². The molecule has 204 valence electrons. The lowest BCUT2D eigenvalue weighted by Gasteiger charge is -2.45. The van der Waals surface area contributed by atoms with Crippen molar-refractivity contribution in [1.29, 1.82) is 0 Å². The molecule has 0 fully saturated rings. The number of rotatable bonds is 10. The highest BCUT2D eigenvalue weighted by atomic mass is 16.6. The first-order valence-electron chi connectivity index (χ1n) is 13.1. The van der Waals surface area contributed by atoms with Crippen LogP contribution >= 0.6 is 0 Å². The average Bonchev–Trinajstić information content (AvgIpc) is 2.69. The Kier molecular flexibility index (Phi) is 11.0. The summed E-state index contributed by atoms with van der Waals surface area (Å²) in [6, 6.07) is 4.08. The van der Waals surface area contributed by atoms with Crippen LogP contribution in [0.15, 0.2) is 18.2 Å². The van der Waals surface area contributed by atoms with Gasteiger partial charge in [-0.15, -0.1) is 0 Å². The predicted octanol–water partition coefficient (Wildman–Crippen LogP) is 5.83. The van der Waals surface area contributed by atoms with Crippen molar-refractivity contribution in [3.05, 3.63) is 34.9 Å². The number of ether oxygens (including phenoxy) is 1. The number of aryl methyl sites for hydroxylation is 2. The molecule has 2 atom stereocenters. The maximum absolute atomic E-state index is 14.4. The Morgan fingerprint density at radius 3 is 1.89 bits per heavy atom. The number of alkyl carbamates (subject to hydrolysis) is 1. The highest BCUT2D eigenvalue weighted by Crippen LogP contribution is 2.35. The summed E-state index contributed by atoms with van der Waals surface area (Å²) in [5, 5.41) is 5.85. The van der Waals surface area contributed by atoms with Crippen molar-refractivity contribution in [2.75, 3.05) is 0 Å². The molecule has 0 aliphatic rings. The molecule has 0 saturated carbocycles. The van der Waals surface area contributed by atoms with Gasteiger partial charge in [-0.25, -0.2) is 4.79 Å². The molecule has 0 aliphatic carbocycles. The maximum Gasteiger partial charge on any atom is 0.408 e. The second-order valence-corrected chi connectivity index (χ2v) is 12.1. The van der Waals surface area contributed by atoms with Gasteiger partial charge in [-0.05, 0) is 97.8 Å². The molecule has 0 aliphatic heterocycles. The lowest BCUT2D eigenvalue weighted by atomic mass is 9.87. The molecule has 2 N–H and O–H groups in total. The van der Waals surface area contributed by atoms with E-state index in [4.69, 9.17) is 4.74 Å². The summed E-state index contributed by atoms with van der Waals surface area (Å²) in [5.41, 5.74) is 1.31. The van der Waals surface area contributed by atoms with Crippen molar-refractivity contribution < 1.29 is 19.1 Å². The number of nitrogens with zero attached hydrogens (tertiary/aromatic N) is 1. The molecule has 1 aromatic carbocycles. The molecule has 0 aromatic heterocycles. The Morgan fingerprint density at radius 1 is 0.944 bits per heavy atom. The SMILES string of the molecule is CCC(C)(C)N(C(=O)C(CC(C)C)NC(=O)OC(C)(C)C)C(C(=O)NC(C)C)c1c(C)cccc1C. The topological polar surface area (TPSA) is 87.7 Å². The van der Waals surface area contributed by atoms with Gasteiger partial charge in [0.25, 0.3) is 0 Å². The molecule has 1 aromatic rings. The van der Waals surface area contributed by atoms with Crippen molar-refractivity contribution in [3.8, 4) is 0 Å². The molecule has 7 heteroatoms. The minimum Gasteiger partial charge on any atom is -0.444 e. The van der Waals surface area contributed by atoms with Crippen LogP contribution in [0.25, 0.3) is 0 Å². The van der Waals surface area contributed by atoms with Crippen molar-refractivity contribution in [2.45, 2.75) is 125 Å². The molecule has 0 bridgehead atoms. The molecule has 7 nitrogen and oxygen atoms in total. The first-order chi connectivity index (χ1) is 16.4. The largest absolute Gasteiger partial charge is 0.444 e. The molecule has 3 amide bonds. The summed E-state index contributed by atoms with van der Waals surface area (Å²) in [5.74, 6) is -0.408. The van der Waals surface area contributed by atoms with E-state index in [9.17, 15) is 14.4 Å². The number of carbonyl (C=O) groups is 3. The third kappa shape index (κ3) is 8.82. The smallest absolute Gasteiger partial charge is 0.408 e. The first-order valence-corrected chi connectivity index (χ1v) is 13.1. The van der Waals surface area contributed by atoms with Crippen LogP contribution < -0.4 is 10.6 Å². The number of amides is 3. The number of hydrogen-bond donors (Lipinski definition) is 2. The second-order valence-electron chi connectivity index (χ2n) is 12.1. The molecule has 36 heavy (non-hydrogen) atoms. The zero-order valence-corrected chi connectivity index (χ0v) is 24.5. The minimum atomic E-state index is -0.855. The molecule has 0 spiro atoms. The van der Waals surface area contributed by atoms with Crippen molar-refractivity contribution in [3.63, 3.8) is 0 Å². The summed E-state index contributed by atoms with van der Waals surface area (Å²) in [4.78, 5) is 42.6. The maximum atomic E-state index is 14.4. The van der Waals surface area contributed by atoms with Crippen LogP contribution in [0.4, 0.5) is 4.79 Å². The Morgan fingerprint density at radius 2 is 1.47 bits per heavy atom. The lowest BCUT2D eigenvalue weighted by Crippen LogP contribution is -2.60. The van der Waals surface area contributed by atoms with E-state index in [1.807, 2.05) is 80.5 Å². The van der Waals surface area contributed by atoms with E-state index in [1.54, 1.807) is 25.7 Å². The number of carbonyl (C=O) groups excluding carboxylic acids is 3. The van der Waals surface area contributed by atoms with Gasteiger partial charge in [-0.3, -0.25) is 9.59 Å².